The number of fused-ring (bicyclic) bond motifs is 1. The predicted molar refractivity (Wildman–Crippen MR) is 185 cm³/mol. The number of hydrogen-bond acceptors (Lipinski definition) is 8. The predicted octanol–water partition coefficient (Wildman–Crippen LogP) is 5.42. The molecule has 0 spiro atoms. The minimum Gasteiger partial charge on any atom is -0.493 e. The third-order valence-electron chi connectivity index (χ3n) is 9.78. The number of para-hydroxylation sites is 2. The van der Waals surface area contributed by atoms with Crippen LogP contribution >= 0.6 is 0 Å². The monoisotopic (exact) mass is 638 g/mol. The van der Waals surface area contributed by atoms with Gasteiger partial charge in [-0.15, -0.1) is 0 Å². The Hall–Kier alpha value is -4.57. The van der Waals surface area contributed by atoms with Gasteiger partial charge in [0.25, 0.3) is 5.91 Å². The highest BCUT2D eigenvalue weighted by molar-refractivity contribution is 5.96. The van der Waals surface area contributed by atoms with Gasteiger partial charge in [0.05, 0.1) is 32.4 Å². The molecule has 2 fully saturated rings. The lowest BCUT2D eigenvalue weighted by molar-refractivity contribution is 0.0780. The van der Waals surface area contributed by atoms with E-state index in [1.807, 2.05) is 17.3 Å². The normalized spacial score (nSPS) is 19.0. The molecule has 2 aliphatic heterocycles. The number of methoxy groups -OCH3 is 3. The Morgan fingerprint density at radius 3 is 2.43 bits per heavy atom. The van der Waals surface area contributed by atoms with E-state index in [0.29, 0.717) is 35.9 Å². The fraction of sp³-hybridized carbons (Fsp3) is 0.432. The fourth-order valence-corrected chi connectivity index (χ4v) is 7.18. The number of nitrogens with zero attached hydrogens (tertiary/aromatic N) is 6. The number of hydrogen-bond donors (Lipinski definition) is 0. The Morgan fingerprint density at radius 1 is 0.936 bits per heavy atom. The van der Waals surface area contributed by atoms with Gasteiger partial charge in [0, 0.05) is 62.6 Å². The maximum atomic E-state index is 13.9. The summed E-state index contributed by atoms with van der Waals surface area (Å²) in [4.78, 5) is 30.3. The number of imidazole rings is 1. The molecule has 1 amide bonds. The average molecular weight is 639 g/mol. The Labute approximate surface area is 277 Å². The molecule has 2 aromatic carbocycles. The molecular formula is C37H46N6O4. The number of ether oxygens (including phenoxy) is 3. The van der Waals surface area contributed by atoms with Crippen LogP contribution in [0.15, 0.2) is 73.1 Å². The van der Waals surface area contributed by atoms with Gasteiger partial charge in [-0.05, 0) is 81.2 Å². The lowest BCUT2D eigenvalue weighted by Gasteiger charge is -2.33. The quantitative estimate of drug-likeness (QED) is 0.202. The maximum absolute atomic E-state index is 13.9. The molecule has 0 N–H and O–H groups in total. The third kappa shape index (κ3) is 6.65. The Bertz CT molecular complexity index is 1680. The molecule has 47 heavy (non-hydrogen) atoms. The van der Waals surface area contributed by atoms with Gasteiger partial charge in [-0.2, -0.15) is 0 Å². The van der Waals surface area contributed by atoms with Crippen molar-refractivity contribution in [3.63, 3.8) is 0 Å². The van der Waals surface area contributed by atoms with Crippen molar-refractivity contribution in [1.82, 2.24) is 24.3 Å². The molecule has 2 aromatic heterocycles. The minimum atomic E-state index is -0.161. The number of rotatable bonds is 11. The second-order valence-electron chi connectivity index (χ2n) is 12.4. The summed E-state index contributed by atoms with van der Waals surface area (Å²) in [6, 6.07) is 16.1. The molecule has 1 unspecified atom stereocenters. The molecule has 2 saturated heterocycles. The standard InChI is InChI=1S/C37H46N6O4/c1-5-6-20-43-31-11-8-7-10-30(31)39-36(43)41-19-9-18-40(23-24-41)21-14-37(29-12-16-38-17-13-29)15-22-42(27-37)35(44)28-25-32(45-2)34(47-4)33(26-28)46-3/h5-8,10-13,16-17,25-26H,9,14-15,18-24,27H2,1-4H3. The maximum Gasteiger partial charge on any atom is 0.254 e. The van der Waals surface area contributed by atoms with Crippen molar-refractivity contribution >= 4 is 22.9 Å². The number of aromatic nitrogens is 3. The minimum absolute atomic E-state index is 0.0357. The summed E-state index contributed by atoms with van der Waals surface area (Å²) in [5, 5.41) is 0. The van der Waals surface area contributed by atoms with E-state index in [2.05, 4.69) is 74.8 Å². The van der Waals surface area contributed by atoms with Crippen LogP contribution in [0.2, 0.25) is 0 Å². The van der Waals surface area contributed by atoms with E-state index in [-0.39, 0.29) is 11.3 Å². The van der Waals surface area contributed by atoms with E-state index in [1.165, 1.54) is 11.1 Å². The van der Waals surface area contributed by atoms with Crippen molar-refractivity contribution in [2.24, 2.45) is 0 Å². The zero-order valence-corrected chi connectivity index (χ0v) is 28.0. The van der Waals surface area contributed by atoms with Crippen LogP contribution in [0.5, 0.6) is 17.2 Å². The van der Waals surface area contributed by atoms with E-state index >= 15 is 0 Å². The highest BCUT2D eigenvalue weighted by Crippen LogP contribution is 2.41. The summed E-state index contributed by atoms with van der Waals surface area (Å²) in [6.07, 6.45) is 10.9. The first kappa shape index (κ1) is 32.4. The average Bonchev–Trinajstić information content (AvgIpc) is 3.64. The summed E-state index contributed by atoms with van der Waals surface area (Å²) in [5.41, 5.74) is 3.82. The van der Waals surface area contributed by atoms with E-state index in [9.17, 15) is 4.79 Å². The fourth-order valence-electron chi connectivity index (χ4n) is 7.18. The van der Waals surface area contributed by atoms with Gasteiger partial charge in [0.2, 0.25) is 11.7 Å². The SMILES string of the molecule is CC=CCn1c(N2CCCN(CCC3(c4ccncc4)CCN(C(=O)c4cc(OC)c(OC)c(OC)c4)C3)CC2)nc2ccccc21. The van der Waals surface area contributed by atoms with Crippen LogP contribution in [0.3, 0.4) is 0 Å². The molecule has 248 valence electrons. The third-order valence-corrected chi connectivity index (χ3v) is 9.78. The van der Waals surface area contributed by atoms with E-state index in [1.54, 1.807) is 33.5 Å². The van der Waals surface area contributed by atoms with Crippen LogP contribution in [0.25, 0.3) is 11.0 Å². The number of anilines is 1. The van der Waals surface area contributed by atoms with Crippen LogP contribution < -0.4 is 19.1 Å². The number of benzene rings is 2. The summed E-state index contributed by atoms with van der Waals surface area (Å²) in [7, 11) is 4.70. The molecular weight excluding hydrogens is 592 g/mol. The van der Waals surface area contributed by atoms with Crippen molar-refractivity contribution in [2.75, 3.05) is 72.0 Å². The van der Waals surface area contributed by atoms with Crippen molar-refractivity contribution in [3.8, 4) is 17.2 Å². The van der Waals surface area contributed by atoms with Gasteiger partial charge < -0.3 is 33.5 Å². The molecule has 10 nitrogen and oxygen atoms in total. The molecule has 4 heterocycles. The molecule has 2 aliphatic rings. The first-order valence-corrected chi connectivity index (χ1v) is 16.5. The lowest BCUT2D eigenvalue weighted by atomic mass is 9.77. The summed E-state index contributed by atoms with van der Waals surface area (Å²) < 4.78 is 18.9. The molecule has 0 bridgehead atoms. The van der Waals surface area contributed by atoms with Crippen molar-refractivity contribution < 1.29 is 19.0 Å². The summed E-state index contributed by atoms with van der Waals surface area (Å²) in [6.45, 7) is 9.04. The largest absolute Gasteiger partial charge is 0.493 e. The highest BCUT2D eigenvalue weighted by Gasteiger charge is 2.42. The second kappa shape index (κ2) is 14.5. The molecule has 6 rings (SSSR count). The van der Waals surface area contributed by atoms with Gasteiger partial charge in [-0.1, -0.05) is 24.3 Å². The van der Waals surface area contributed by atoms with E-state index in [0.717, 1.165) is 70.0 Å². The number of carbonyl (C=O) groups is 1. The van der Waals surface area contributed by atoms with Crippen molar-refractivity contribution in [3.05, 3.63) is 84.2 Å². The zero-order chi connectivity index (χ0) is 32.8. The van der Waals surface area contributed by atoms with Gasteiger partial charge >= 0.3 is 0 Å². The van der Waals surface area contributed by atoms with Gasteiger partial charge in [-0.3, -0.25) is 9.78 Å². The smallest absolute Gasteiger partial charge is 0.254 e. The van der Waals surface area contributed by atoms with Crippen LogP contribution in [0.1, 0.15) is 42.1 Å². The first-order chi connectivity index (χ1) is 23.0. The number of pyridine rings is 1. The van der Waals surface area contributed by atoms with Gasteiger partial charge in [0.15, 0.2) is 11.5 Å². The molecule has 0 saturated carbocycles. The molecule has 0 radical (unpaired) electrons. The second-order valence-corrected chi connectivity index (χ2v) is 12.4. The van der Waals surface area contributed by atoms with E-state index in [4.69, 9.17) is 19.2 Å². The topological polar surface area (TPSA) is 85.2 Å². The number of amides is 1. The van der Waals surface area contributed by atoms with Crippen LogP contribution in [0, 0.1) is 0 Å². The first-order valence-electron chi connectivity index (χ1n) is 16.5. The van der Waals surface area contributed by atoms with Crippen LogP contribution in [-0.2, 0) is 12.0 Å². The van der Waals surface area contributed by atoms with Crippen LogP contribution in [-0.4, -0.2) is 97.4 Å². The molecule has 1 atom stereocenters. The lowest BCUT2D eigenvalue weighted by Crippen LogP contribution is -2.39. The van der Waals surface area contributed by atoms with Crippen molar-refractivity contribution in [2.45, 2.75) is 38.1 Å². The Balaban J connectivity index is 1.17. The number of allylic oxidation sites excluding steroid dienone is 2. The van der Waals surface area contributed by atoms with Crippen molar-refractivity contribution in [1.29, 1.82) is 0 Å². The molecule has 0 aliphatic carbocycles. The molecule has 4 aromatic rings. The zero-order valence-electron chi connectivity index (χ0n) is 28.0. The number of carbonyl (C=O) groups excluding carboxylic acids is 1. The Morgan fingerprint density at radius 2 is 1.70 bits per heavy atom. The Kier molecular flexibility index (Phi) is 9.96. The number of likely N-dealkylation sites (tertiary alicyclic amines) is 1. The summed E-state index contributed by atoms with van der Waals surface area (Å²) >= 11 is 0. The molecule has 10 heteroatoms. The highest BCUT2D eigenvalue weighted by atomic mass is 16.5. The van der Waals surface area contributed by atoms with E-state index < -0.39 is 0 Å². The van der Waals surface area contributed by atoms with Gasteiger partial charge in [0.1, 0.15) is 0 Å². The van der Waals surface area contributed by atoms with Gasteiger partial charge in [-0.25, -0.2) is 4.98 Å². The van der Waals surface area contributed by atoms with Crippen LogP contribution in [0.4, 0.5) is 5.95 Å². The summed E-state index contributed by atoms with van der Waals surface area (Å²) in [5.74, 6) is 2.44.